The van der Waals surface area contributed by atoms with E-state index in [1.54, 1.807) is 24.3 Å². The van der Waals surface area contributed by atoms with Crippen LogP contribution in [0.5, 0.6) is 0 Å². The predicted molar refractivity (Wildman–Crippen MR) is 105 cm³/mol. The average molecular weight is 400 g/mol. The minimum atomic E-state index is -1.12. The van der Waals surface area contributed by atoms with Crippen LogP contribution < -0.4 is 16.2 Å². The van der Waals surface area contributed by atoms with E-state index in [1.807, 2.05) is 0 Å². The fourth-order valence-electron chi connectivity index (χ4n) is 3.29. The van der Waals surface area contributed by atoms with Gasteiger partial charge in [0.05, 0.1) is 23.7 Å². The number of ether oxygens (including phenoxy) is 1. The van der Waals surface area contributed by atoms with Crippen LogP contribution in [-0.2, 0) is 20.9 Å². The Morgan fingerprint density at radius 1 is 1.24 bits per heavy atom. The van der Waals surface area contributed by atoms with Crippen LogP contribution in [0.15, 0.2) is 35.4 Å². The van der Waals surface area contributed by atoms with Gasteiger partial charge in [-0.2, -0.15) is 0 Å². The molecule has 3 amide bonds. The van der Waals surface area contributed by atoms with E-state index >= 15 is 0 Å². The van der Waals surface area contributed by atoms with Crippen molar-refractivity contribution in [3.63, 3.8) is 0 Å². The Bertz CT molecular complexity index is 965. The van der Waals surface area contributed by atoms with Crippen molar-refractivity contribution in [1.82, 2.24) is 20.2 Å². The number of imide groups is 1. The van der Waals surface area contributed by atoms with Crippen molar-refractivity contribution in [3.8, 4) is 0 Å². The van der Waals surface area contributed by atoms with E-state index in [-0.39, 0.29) is 24.6 Å². The first-order valence-electron chi connectivity index (χ1n) is 9.69. The van der Waals surface area contributed by atoms with Gasteiger partial charge in [0.2, 0.25) is 0 Å². The standard InChI is InChI=1S/C20H24N4O5/c1-13(18(26)23-20(28)22-14-6-2-3-7-14)29-17(25)10-11-24-12-21-16-9-5-4-8-15(16)19(24)27/h4-5,8-9,12-14H,2-3,6-7,10-11H2,1H3,(H2,22,23,26,28). The van der Waals surface area contributed by atoms with Crippen LogP contribution >= 0.6 is 0 Å². The van der Waals surface area contributed by atoms with Crippen molar-refractivity contribution in [2.24, 2.45) is 0 Å². The number of benzene rings is 1. The number of amides is 3. The number of urea groups is 1. The van der Waals surface area contributed by atoms with Crippen LogP contribution in [-0.4, -0.2) is 39.6 Å². The summed E-state index contributed by atoms with van der Waals surface area (Å²) >= 11 is 0. The van der Waals surface area contributed by atoms with Crippen LogP contribution in [0.3, 0.4) is 0 Å². The Labute approximate surface area is 167 Å². The summed E-state index contributed by atoms with van der Waals surface area (Å²) in [7, 11) is 0. The predicted octanol–water partition coefficient (Wildman–Crippen LogP) is 1.49. The van der Waals surface area contributed by atoms with E-state index in [1.165, 1.54) is 17.8 Å². The molecule has 0 saturated heterocycles. The maximum Gasteiger partial charge on any atom is 0.321 e. The van der Waals surface area contributed by atoms with Crippen molar-refractivity contribution in [3.05, 3.63) is 40.9 Å². The lowest BCUT2D eigenvalue weighted by atomic mass is 10.2. The number of para-hydroxylation sites is 1. The molecule has 0 aliphatic heterocycles. The van der Waals surface area contributed by atoms with Crippen LogP contribution in [0.25, 0.3) is 10.9 Å². The summed E-state index contributed by atoms with van der Waals surface area (Å²) in [5.41, 5.74) is 0.329. The lowest BCUT2D eigenvalue weighted by molar-refractivity contribution is -0.154. The molecule has 0 radical (unpaired) electrons. The smallest absolute Gasteiger partial charge is 0.321 e. The first-order chi connectivity index (χ1) is 13.9. The zero-order chi connectivity index (χ0) is 20.8. The van der Waals surface area contributed by atoms with E-state index in [0.717, 1.165) is 25.7 Å². The second kappa shape index (κ2) is 9.31. The zero-order valence-electron chi connectivity index (χ0n) is 16.2. The molecule has 1 saturated carbocycles. The van der Waals surface area contributed by atoms with Crippen molar-refractivity contribution < 1.29 is 19.1 Å². The first kappa shape index (κ1) is 20.5. The molecular weight excluding hydrogens is 376 g/mol. The number of hydrogen-bond donors (Lipinski definition) is 2. The number of carbonyl (C=O) groups is 3. The molecule has 154 valence electrons. The van der Waals surface area contributed by atoms with Gasteiger partial charge in [0.15, 0.2) is 6.10 Å². The SMILES string of the molecule is CC(OC(=O)CCn1cnc2ccccc2c1=O)C(=O)NC(=O)NC1CCCC1. The Hall–Kier alpha value is -3.23. The molecule has 1 atom stereocenters. The van der Waals surface area contributed by atoms with Crippen molar-refractivity contribution >= 4 is 28.8 Å². The molecule has 0 bridgehead atoms. The highest BCUT2D eigenvalue weighted by molar-refractivity contribution is 5.97. The third-order valence-corrected chi connectivity index (χ3v) is 4.89. The van der Waals surface area contributed by atoms with Crippen LogP contribution in [0, 0.1) is 0 Å². The van der Waals surface area contributed by atoms with Gasteiger partial charge in [-0.3, -0.25) is 24.3 Å². The second-order valence-corrected chi connectivity index (χ2v) is 7.09. The number of aromatic nitrogens is 2. The van der Waals surface area contributed by atoms with Crippen molar-refractivity contribution in [1.29, 1.82) is 0 Å². The van der Waals surface area contributed by atoms with Crippen molar-refractivity contribution in [2.45, 2.75) is 57.7 Å². The van der Waals surface area contributed by atoms with Gasteiger partial charge in [0.1, 0.15) is 0 Å². The largest absolute Gasteiger partial charge is 0.452 e. The molecule has 1 heterocycles. The second-order valence-electron chi connectivity index (χ2n) is 7.09. The highest BCUT2D eigenvalue weighted by Gasteiger charge is 2.22. The van der Waals surface area contributed by atoms with Gasteiger partial charge in [-0.15, -0.1) is 0 Å². The highest BCUT2D eigenvalue weighted by atomic mass is 16.5. The van der Waals surface area contributed by atoms with Gasteiger partial charge in [-0.25, -0.2) is 9.78 Å². The van der Waals surface area contributed by atoms with Gasteiger partial charge < -0.3 is 10.1 Å². The zero-order valence-corrected chi connectivity index (χ0v) is 16.2. The molecule has 1 unspecified atom stereocenters. The molecular formula is C20H24N4O5. The lowest BCUT2D eigenvalue weighted by Crippen LogP contribution is -2.47. The number of nitrogens with zero attached hydrogens (tertiary/aromatic N) is 2. The van der Waals surface area contributed by atoms with E-state index in [4.69, 9.17) is 4.74 Å². The van der Waals surface area contributed by atoms with E-state index < -0.39 is 24.0 Å². The minimum Gasteiger partial charge on any atom is -0.452 e. The number of carbonyl (C=O) groups excluding carboxylic acids is 3. The Morgan fingerprint density at radius 2 is 1.97 bits per heavy atom. The topological polar surface area (TPSA) is 119 Å². The van der Waals surface area contributed by atoms with Gasteiger partial charge >= 0.3 is 12.0 Å². The van der Waals surface area contributed by atoms with Gasteiger partial charge in [-0.1, -0.05) is 25.0 Å². The van der Waals surface area contributed by atoms with Gasteiger partial charge in [0, 0.05) is 12.6 Å². The maximum absolute atomic E-state index is 12.4. The maximum atomic E-state index is 12.4. The number of nitrogens with one attached hydrogen (secondary N) is 2. The van der Waals surface area contributed by atoms with Gasteiger partial charge in [-0.05, 0) is 31.9 Å². The molecule has 3 rings (SSSR count). The van der Waals surface area contributed by atoms with E-state index in [9.17, 15) is 19.2 Å². The molecule has 1 aromatic heterocycles. The molecule has 1 aromatic carbocycles. The normalized spacial score (nSPS) is 15.1. The Balaban J connectivity index is 1.47. The third-order valence-electron chi connectivity index (χ3n) is 4.89. The quantitative estimate of drug-likeness (QED) is 0.709. The van der Waals surface area contributed by atoms with E-state index in [0.29, 0.717) is 10.9 Å². The number of esters is 1. The Kier molecular flexibility index (Phi) is 6.58. The highest BCUT2D eigenvalue weighted by Crippen LogP contribution is 2.17. The molecule has 1 fully saturated rings. The molecule has 1 aliphatic rings. The van der Waals surface area contributed by atoms with Crippen LogP contribution in [0.1, 0.15) is 39.0 Å². The summed E-state index contributed by atoms with van der Waals surface area (Å²) in [4.78, 5) is 52.5. The number of aryl methyl sites for hydroxylation is 1. The lowest BCUT2D eigenvalue weighted by Gasteiger charge is -2.15. The minimum absolute atomic E-state index is 0.0754. The fraction of sp³-hybridized carbons (Fsp3) is 0.450. The molecule has 0 spiro atoms. The van der Waals surface area contributed by atoms with Crippen LogP contribution in [0.4, 0.5) is 4.79 Å². The number of rotatable bonds is 6. The summed E-state index contributed by atoms with van der Waals surface area (Å²) < 4.78 is 6.39. The fourth-order valence-corrected chi connectivity index (χ4v) is 3.29. The summed E-state index contributed by atoms with van der Waals surface area (Å²) in [6.45, 7) is 1.46. The molecule has 29 heavy (non-hydrogen) atoms. The molecule has 2 N–H and O–H groups in total. The Morgan fingerprint density at radius 3 is 2.72 bits per heavy atom. The van der Waals surface area contributed by atoms with Crippen molar-refractivity contribution in [2.75, 3.05) is 0 Å². The monoisotopic (exact) mass is 400 g/mol. The number of fused-ring (bicyclic) bond motifs is 1. The third kappa shape index (κ3) is 5.40. The molecule has 2 aromatic rings. The summed E-state index contributed by atoms with van der Waals surface area (Å²) in [5, 5.41) is 5.38. The number of hydrogen-bond acceptors (Lipinski definition) is 6. The summed E-state index contributed by atoms with van der Waals surface area (Å²) in [5.74, 6) is -1.35. The summed E-state index contributed by atoms with van der Waals surface area (Å²) in [6.07, 6.45) is 4.06. The molecule has 9 heteroatoms. The first-order valence-corrected chi connectivity index (χ1v) is 9.69. The average Bonchev–Trinajstić information content (AvgIpc) is 3.20. The molecule has 9 nitrogen and oxygen atoms in total. The van der Waals surface area contributed by atoms with Crippen LogP contribution in [0.2, 0.25) is 0 Å². The summed E-state index contributed by atoms with van der Waals surface area (Å²) in [6, 6.07) is 6.43. The van der Waals surface area contributed by atoms with Gasteiger partial charge in [0.25, 0.3) is 11.5 Å². The van der Waals surface area contributed by atoms with E-state index in [2.05, 4.69) is 15.6 Å². The molecule has 1 aliphatic carbocycles.